The molecule has 2 rings (SSSR count). The highest BCUT2D eigenvalue weighted by molar-refractivity contribution is 5.33. The fraction of sp³-hybridized carbons (Fsp3) is 0.667. The van der Waals surface area contributed by atoms with Crippen molar-refractivity contribution in [2.75, 3.05) is 47.1 Å². The zero-order valence-electron chi connectivity index (χ0n) is 14.7. The minimum atomic E-state index is -0.173. The number of morpholine rings is 1. The summed E-state index contributed by atoms with van der Waals surface area (Å²) in [5.41, 5.74) is 1.02. The zero-order chi connectivity index (χ0) is 16.7. The van der Waals surface area contributed by atoms with Crippen LogP contribution in [0.2, 0.25) is 0 Å². The highest BCUT2D eigenvalue weighted by atomic mass is 16.5. The lowest BCUT2D eigenvalue weighted by molar-refractivity contribution is -0.154. The fourth-order valence-corrected chi connectivity index (χ4v) is 3.06. The summed E-state index contributed by atoms with van der Waals surface area (Å²) in [6.45, 7) is 8.63. The third kappa shape index (κ3) is 5.77. The van der Waals surface area contributed by atoms with E-state index in [1.807, 2.05) is 12.1 Å². The van der Waals surface area contributed by atoms with Crippen molar-refractivity contribution in [3.63, 3.8) is 0 Å². The third-order valence-electron chi connectivity index (χ3n) is 3.82. The average Bonchev–Trinajstić information content (AvgIpc) is 2.48. The molecular formula is C18H29NO4. The molecule has 0 aliphatic carbocycles. The fourth-order valence-electron chi connectivity index (χ4n) is 3.06. The van der Waals surface area contributed by atoms with Gasteiger partial charge < -0.3 is 18.9 Å². The Morgan fingerprint density at radius 1 is 1.17 bits per heavy atom. The highest BCUT2D eigenvalue weighted by Crippen LogP contribution is 2.25. The molecule has 5 nitrogen and oxygen atoms in total. The van der Waals surface area contributed by atoms with Crippen LogP contribution in [0.3, 0.4) is 0 Å². The Bertz CT molecular complexity index is 478. The number of hydrogen-bond donors (Lipinski definition) is 0. The smallest absolute Gasteiger partial charge is 0.123 e. The topological polar surface area (TPSA) is 40.2 Å². The van der Waals surface area contributed by atoms with Crippen molar-refractivity contribution < 1.29 is 18.9 Å². The summed E-state index contributed by atoms with van der Waals surface area (Å²) in [7, 11) is 3.40. The maximum Gasteiger partial charge on any atom is 0.123 e. The molecule has 5 heteroatoms. The van der Waals surface area contributed by atoms with Crippen molar-refractivity contribution in [1.29, 1.82) is 0 Å². The average molecular weight is 323 g/mol. The molecule has 1 aromatic carbocycles. The van der Waals surface area contributed by atoms with E-state index in [4.69, 9.17) is 18.9 Å². The Labute approximate surface area is 139 Å². The molecule has 23 heavy (non-hydrogen) atoms. The minimum Gasteiger partial charge on any atom is -0.491 e. The normalized spacial score (nSPS) is 21.3. The molecule has 0 amide bonds. The second kappa shape index (κ2) is 8.64. The Morgan fingerprint density at radius 3 is 2.70 bits per heavy atom. The molecule has 1 atom stereocenters. The largest absolute Gasteiger partial charge is 0.491 e. The van der Waals surface area contributed by atoms with Crippen LogP contribution < -0.4 is 4.74 Å². The number of hydrogen-bond acceptors (Lipinski definition) is 5. The minimum absolute atomic E-state index is 0.102. The monoisotopic (exact) mass is 323 g/mol. The first-order valence-corrected chi connectivity index (χ1v) is 8.13. The van der Waals surface area contributed by atoms with Gasteiger partial charge in [0.05, 0.1) is 24.9 Å². The Kier molecular flexibility index (Phi) is 6.84. The second-order valence-corrected chi connectivity index (χ2v) is 6.57. The van der Waals surface area contributed by atoms with Crippen LogP contribution >= 0.6 is 0 Å². The van der Waals surface area contributed by atoms with Crippen molar-refractivity contribution in [1.82, 2.24) is 4.90 Å². The van der Waals surface area contributed by atoms with Crippen molar-refractivity contribution in [3.05, 3.63) is 29.8 Å². The van der Waals surface area contributed by atoms with Crippen molar-refractivity contribution in [2.45, 2.75) is 32.1 Å². The van der Waals surface area contributed by atoms with Crippen LogP contribution in [-0.4, -0.2) is 63.7 Å². The number of benzene rings is 1. The molecule has 0 saturated carbocycles. The summed E-state index contributed by atoms with van der Waals surface area (Å²) in [6.07, 6.45) is 0.102. The van der Waals surface area contributed by atoms with Gasteiger partial charge in [-0.3, -0.25) is 4.90 Å². The lowest BCUT2D eigenvalue weighted by atomic mass is 10.0. The molecule has 1 aliphatic heterocycles. The van der Waals surface area contributed by atoms with Crippen LogP contribution in [0.1, 0.15) is 19.4 Å². The van der Waals surface area contributed by atoms with Crippen molar-refractivity contribution in [2.24, 2.45) is 0 Å². The molecule has 130 valence electrons. The summed E-state index contributed by atoms with van der Waals surface area (Å²) in [4.78, 5) is 2.41. The molecular weight excluding hydrogens is 294 g/mol. The van der Waals surface area contributed by atoms with Gasteiger partial charge in [-0.1, -0.05) is 18.2 Å². The predicted molar refractivity (Wildman–Crippen MR) is 89.9 cm³/mol. The third-order valence-corrected chi connectivity index (χ3v) is 3.82. The van der Waals surface area contributed by atoms with E-state index in [0.29, 0.717) is 19.8 Å². The molecule has 0 radical (unpaired) electrons. The number of ether oxygens (including phenoxy) is 4. The van der Waals surface area contributed by atoms with Crippen LogP contribution in [0, 0.1) is 0 Å². The highest BCUT2D eigenvalue weighted by Gasteiger charge is 2.33. The Hall–Kier alpha value is -1.14. The lowest BCUT2D eigenvalue weighted by Gasteiger charge is -2.42. The number of para-hydroxylation sites is 1. The summed E-state index contributed by atoms with van der Waals surface area (Å²) in [6, 6.07) is 8.19. The zero-order valence-corrected chi connectivity index (χ0v) is 14.7. The van der Waals surface area contributed by atoms with Gasteiger partial charge in [-0.2, -0.15) is 0 Å². The van der Waals surface area contributed by atoms with E-state index in [1.165, 1.54) is 5.56 Å². The lowest BCUT2D eigenvalue weighted by Crippen LogP contribution is -2.53. The Morgan fingerprint density at radius 2 is 1.96 bits per heavy atom. The first-order chi connectivity index (χ1) is 11.0. The molecule has 0 bridgehead atoms. The molecule has 1 aromatic rings. The van der Waals surface area contributed by atoms with Gasteiger partial charge in [0, 0.05) is 39.4 Å². The van der Waals surface area contributed by atoms with Crippen molar-refractivity contribution >= 4 is 0 Å². The van der Waals surface area contributed by atoms with Gasteiger partial charge >= 0.3 is 0 Å². The molecule has 1 saturated heterocycles. The summed E-state index contributed by atoms with van der Waals surface area (Å²) in [5.74, 6) is 0.928. The molecule has 0 unspecified atom stereocenters. The molecule has 0 aromatic heterocycles. The predicted octanol–water partition coefficient (Wildman–Crippen LogP) is 2.34. The summed E-state index contributed by atoms with van der Waals surface area (Å²) < 4.78 is 22.2. The summed E-state index contributed by atoms with van der Waals surface area (Å²) >= 11 is 0. The van der Waals surface area contributed by atoms with Gasteiger partial charge in [0.1, 0.15) is 12.4 Å². The standard InChI is InChI=1S/C18H29NO4/c1-18(2)14-19(12-16(23-18)13-21-4)11-15-7-5-6-8-17(15)22-10-9-20-3/h5-8,16H,9-14H2,1-4H3/t16-/m0/s1. The molecule has 1 heterocycles. The first kappa shape index (κ1) is 18.2. The van der Waals surface area contributed by atoms with Gasteiger partial charge in [-0.15, -0.1) is 0 Å². The summed E-state index contributed by atoms with van der Waals surface area (Å²) in [5, 5.41) is 0. The molecule has 1 fully saturated rings. The second-order valence-electron chi connectivity index (χ2n) is 6.57. The van der Waals surface area contributed by atoms with E-state index >= 15 is 0 Å². The van der Waals surface area contributed by atoms with E-state index in [2.05, 4.69) is 30.9 Å². The molecule has 0 N–H and O–H groups in total. The quantitative estimate of drug-likeness (QED) is 0.687. The van der Waals surface area contributed by atoms with Gasteiger partial charge in [0.25, 0.3) is 0 Å². The SMILES string of the molecule is COCCOc1ccccc1CN1C[C@@H](COC)OC(C)(C)C1. The van der Waals surface area contributed by atoms with Crippen LogP contribution in [0.25, 0.3) is 0 Å². The van der Waals surface area contributed by atoms with Gasteiger partial charge in [0.15, 0.2) is 0 Å². The molecule has 1 aliphatic rings. The van der Waals surface area contributed by atoms with Crippen molar-refractivity contribution in [3.8, 4) is 5.75 Å². The van der Waals surface area contributed by atoms with Gasteiger partial charge in [-0.05, 0) is 19.9 Å². The first-order valence-electron chi connectivity index (χ1n) is 8.13. The molecule has 0 spiro atoms. The number of methoxy groups -OCH3 is 2. The van der Waals surface area contributed by atoms with E-state index in [9.17, 15) is 0 Å². The van der Waals surface area contributed by atoms with Crippen LogP contribution in [0.5, 0.6) is 5.75 Å². The maximum atomic E-state index is 6.08. The van der Waals surface area contributed by atoms with E-state index in [0.717, 1.165) is 25.4 Å². The Balaban J connectivity index is 2.02. The number of rotatable bonds is 8. The van der Waals surface area contributed by atoms with E-state index in [1.54, 1.807) is 14.2 Å². The van der Waals surface area contributed by atoms with Crippen LogP contribution in [-0.2, 0) is 20.8 Å². The maximum absolute atomic E-state index is 6.08. The van der Waals surface area contributed by atoms with Crippen LogP contribution in [0.4, 0.5) is 0 Å². The van der Waals surface area contributed by atoms with E-state index < -0.39 is 0 Å². The van der Waals surface area contributed by atoms with Gasteiger partial charge in [0.2, 0.25) is 0 Å². The van der Waals surface area contributed by atoms with E-state index in [-0.39, 0.29) is 11.7 Å². The van der Waals surface area contributed by atoms with Gasteiger partial charge in [-0.25, -0.2) is 0 Å². The van der Waals surface area contributed by atoms with Crippen LogP contribution in [0.15, 0.2) is 24.3 Å². The number of nitrogens with zero attached hydrogens (tertiary/aromatic N) is 1.